The lowest BCUT2D eigenvalue weighted by molar-refractivity contribution is -0.118. The lowest BCUT2D eigenvalue weighted by Gasteiger charge is -2.15. The number of hydrogen-bond acceptors (Lipinski definition) is 4. The standard InChI is InChI=1S/C20H24N2O3/c1-4-12-21-13-16-6-5-7-18(24-3)20(16)25-14-19(23)22-17-10-8-15(2)9-11-17/h4-11,21H,1,12-14H2,2-3H3,(H,22,23). The van der Waals surface area contributed by atoms with Gasteiger partial charge in [-0.2, -0.15) is 0 Å². The van der Waals surface area contributed by atoms with Crippen LogP contribution >= 0.6 is 0 Å². The number of anilines is 1. The number of aryl methyl sites for hydroxylation is 1. The van der Waals surface area contributed by atoms with Gasteiger partial charge in [-0.15, -0.1) is 6.58 Å². The average molecular weight is 340 g/mol. The van der Waals surface area contributed by atoms with E-state index in [0.29, 0.717) is 24.6 Å². The molecule has 0 radical (unpaired) electrons. The number of amides is 1. The Morgan fingerprint density at radius 3 is 2.64 bits per heavy atom. The van der Waals surface area contributed by atoms with Crippen LogP contribution in [-0.4, -0.2) is 26.2 Å². The van der Waals surface area contributed by atoms with Crippen molar-refractivity contribution in [1.82, 2.24) is 5.32 Å². The molecule has 5 nitrogen and oxygen atoms in total. The first-order valence-corrected chi connectivity index (χ1v) is 8.11. The van der Waals surface area contributed by atoms with Gasteiger partial charge < -0.3 is 20.1 Å². The third-order valence-corrected chi connectivity index (χ3v) is 3.57. The van der Waals surface area contributed by atoms with E-state index in [1.54, 1.807) is 13.2 Å². The molecule has 0 bridgehead atoms. The summed E-state index contributed by atoms with van der Waals surface area (Å²) in [7, 11) is 1.58. The Hall–Kier alpha value is -2.79. The van der Waals surface area contributed by atoms with Crippen molar-refractivity contribution in [2.75, 3.05) is 25.6 Å². The monoisotopic (exact) mass is 340 g/mol. The summed E-state index contributed by atoms with van der Waals surface area (Å²) in [6.07, 6.45) is 1.79. The number of hydrogen-bond donors (Lipinski definition) is 2. The molecular formula is C20H24N2O3. The van der Waals surface area contributed by atoms with Crippen molar-refractivity contribution in [3.05, 3.63) is 66.2 Å². The molecule has 2 aromatic rings. The Kier molecular flexibility index (Phi) is 7.04. The first kappa shape index (κ1) is 18.5. The van der Waals surface area contributed by atoms with E-state index in [0.717, 1.165) is 16.8 Å². The van der Waals surface area contributed by atoms with Gasteiger partial charge >= 0.3 is 0 Å². The summed E-state index contributed by atoms with van der Waals surface area (Å²) in [5.41, 5.74) is 2.80. The van der Waals surface area contributed by atoms with Gasteiger partial charge in [-0.05, 0) is 25.1 Å². The molecule has 2 aromatic carbocycles. The summed E-state index contributed by atoms with van der Waals surface area (Å²) < 4.78 is 11.1. The minimum absolute atomic E-state index is 0.0945. The van der Waals surface area contributed by atoms with Gasteiger partial charge in [-0.3, -0.25) is 4.79 Å². The fourth-order valence-electron chi connectivity index (χ4n) is 2.31. The smallest absolute Gasteiger partial charge is 0.262 e. The highest BCUT2D eigenvalue weighted by Gasteiger charge is 2.12. The number of methoxy groups -OCH3 is 1. The zero-order valence-corrected chi connectivity index (χ0v) is 14.7. The van der Waals surface area contributed by atoms with Gasteiger partial charge in [0, 0.05) is 24.3 Å². The van der Waals surface area contributed by atoms with Crippen molar-refractivity contribution in [1.29, 1.82) is 0 Å². The Labute approximate surface area is 148 Å². The van der Waals surface area contributed by atoms with Gasteiger partial charge in [0.1, 0.15) is 0 Å². The van der Waals surface area contributed by atoms with Gasteiger partial charge in [-0.1, -0.05) is 35.9 Å². The molecule has 0 unspecified atom stereocenters. The highest BCUT2D eigenvalue weighted by Crippen LogP contribution is 2.31. The van der Waals surface area contributed by atoms with Gasteiger partial charge in [0.2, 0.25) is 0 Å². The van der Waals surface area contributed by atoms with Crippen LogP contribution in [0.3, 0.4) is 0 Å². The van der Waals surface area contributed by atoms with E-state index in [9.17, 15) is 4.79 Å². The molecule has 25 heavy (non-hydrogen) atoms. The van der Waals surface area contributed by atoms with E-state index in [-0.39, 0.29) is 12.5 Å². The summed E-state index contributed by atoms with van der Waals surface area (Å²) in [5, 5.41) is 6.04. The number of carbonyl (C=O) groups is 1. The molecule has 0 saturated carbocycles. The summed E-state index contributed by atoms with van der Waals surface area (Å²) in [6, 6.07) is 13.3. The summed E-state index contributed by atoms with van der Waals surface area (Å²) in [4.78, 5) is 12.1. The molecule has 0 aromatic heterocycles. The van der Waals surface area contributed by atoms with Gasteiger partial charge in [-0.25, -0.2) is 0 Å². The molecule has 0 atom stereocenters. The highest BCUT2D eigenvalue weighted by atomic mass is 16.5. The second kappa shape index (κ2) is 9.49. The van der Waals surface area contributed by atoms with Gasteiger partial charge in [0.25, 0.3) is 5.91 Å². The van der Waals surface area contributed by atoms with Crippen LogP contribution in [0.2, 0.25) is 0 Å². The molecule has 2 N–H and O–H groups in total. The Bertz CT molecular complexity index is 711. The van der Waals surface area contributed by atoms with Crippen molar-refractivity contribution < 1.29 is 14.3 Å². The maximum Gasteiger partial charge on any atom is 0.262 e. The predicted octanol–water partition coefficient (Wildman–Crippen LogP) is 3.30. The van der Waals surface area contributed by atoms with Crippen molar-refractivity contribution in [2.45, 2.75) is 13.5 Å². The lowest BCUT2D eigenvalue weighted by atomic mass is 10.2. The van der Waals surface area contributed by atoms with Gasteiger partial charge in [0.15, 0.2) is 18.1 Å². The topological polar surface area (TPSA) is 59.6 Å². The molecular weight excluding hydrogens is 316 g/mol. The molecule has 2 rings (SSSR count). The molecule has 0 aliphatic rings. The summed E-state index contributed by atoms with van der Waals surface area (Å²) >= 11 is 0. The maximum atomic E-state index is 12.1. The molecule has 0 heterocycles. The maximum absolute atomic E-state index is 12.1. The molecule has 0 saturated heterocycles. The molecule has 0 fully saturated rings. The molecule has 0 aliphatic carbocycles. The zero-order valence-electron chi connectivity index (χ0n) is 14.7. The third kappa shape index (κ3) is 5.65. The first-order valence-electron chi connectivity index (χ1n) is 8.11. The number of benzene rings is 2. The van der Waals surface area contributed by atoms with Crippen LogP contribution in [0.4, 0.5) is 5.69 Å². The number of para-hydroxylation sites is 1. The van der Waals surface area contributed by atoms with Crippen molar-refractivity contribution in [3.8, 4) is 11.5 Å². The predicted molar refractivity (Wildman–Crippen MR) is 100 cm³/mol. The molecule has 0 aliphatic heterocycles. The minimum Gasteiger partial charge on any atom is -0.493 e. The second-order valence-electron chi connectivity index (χ2n) is 5.57. The van der Waals surface area contributed by atoms with Crippen LogP contribution in [0.15, 0.2) is 55.1 Å². The molecule has 0 spiro atoms. The van der Waals surface area contributed by atoms with Crippen molar-refractivity contribution in [3.63, 3.8) is 0 Å². The fourth-order valence-corrected chi connectivity index (χ4v) is 2.31. The lowest BCUT2D eigenvalue weighted by Crippen LogP contribution is -2.21. The van der Waals surface area contributed by atoms with E-state index < -0.39 is 0 Å². The Morgan fingerprint density at radius 2 is 1.96 bits per heavy atom. The van der Waals surface area contributed by atoms with E-state index in [2.05, 4.69) is 17.2 Å². The van der Waals surface area contributed by atoms with Crippen molar-refractivity contribution in [2.24, 2.45) is 0 Å². The van der Waals surface area contributed by atoms with E-state index in [1.165, 1.54) is 0 Å². The number of carbonyl (C=O) groups excluding carboxylic acids is 1. The third-order valence-electron chi connectivity index (χ3n) is 3.57. The van der Waals surface area contributed by atoms with Crippen LogP contribution in [0, 0.1) is 6.92 Å². The fraction of sp³-hybridized carbons (Fsp3) is 0.250. The molecule has 132 valence electrons. The SMILES string of the molecule is C=CCNCc1cccc(OC)c1OCC(=O)Nc1ccc(C)cc1. The number of nitrogens with one attached hydrogen (secondary N) is 2. The summed E-state index contributed by atoms with van der Waals surface area (Å²) in [5.74, 6) is 0.946. The number of rotatable bonds is 9. The second-order valence-corrected chi connectivity index (χ2v) is 5.57. The normalized spacial score (nSPS) is 10.2. The average Bonchev–Trinajstić information content (AvgIpc) is 2.62. The van der Waals surface area contributed by atoms with Crippen LogP contribution in [0.5, 0.6) is 11.5 Å². The zero-order chi connectivity index (χ0) is 18.1. The minimum atomic E-state index is -0.222. The van der Waals surface area contributed by atoms with E-state index in [4.69, 9.17) is 9.47 Å². The Morgan fingerprint density at radius 1 is 1.20 bits per heavy atom. The largest absolute Gasteiger partial charge is 0.493 e. The van der Waals surface area contributed by atoms with Crippen LogP contribution in [0.1, 0.15) is 11.1 Å². The first-order chi connectivity index (χ1) is 12.1. The van der Waals surface area contributed by atoms with Crippen LogP contribution in [-0.2, 0) is 11.3 Å². The van der Waals surface area contributed by atoms with Crippen LogP contribution in [0.25, 0.3) is 0 Å². The van der Waals surface area contributed by atoms with E-state index >= 15 is 0 Å². The van der Waals surface area contributed by atoms with Crippen molar-refractivity contribution >= 4 is 11.6 Å². The molecule has 1 amide bonds. The Balaban J connectivity index is 2.01. The highest BCUT2D eigenvalue weighted by molar-refractivity contribution is 5.91. The quantitative estimate of drug-likeness (QED) is 0.543. The number of ether oxygens (including phenoxy) is 2. The summed E-state index contributed by atoms with van der Waals surface area (Å²) in [6.45, 7) is 6.87. The molecule has 5 heteroatoms. The van der Waals surface area contributed by atoms with E-state index in [1.807, 2.05) is 49.4 Å². The van der Waals surface area contributed by atoms with Crippen LogP contribution < -0.4 is 20.1 Å². The van der Waals surface area contributed by atoms with Gasteiger partial charge in [0.05, 0.1) is 7.11 Å².